The van der Waals surface area contributed by atoms with Gasteiger partial charge in [-0.1, -0.05) is 52.4 Å². The number of hydrogen-bond acceptors (Lipinski definition) is 4. The van der Waals surface area contributed by atoms with Gasteiger partial charge in [0.2, 0.25) is 0 Å². The minimum atomic E-state index is -0.882. The van der Waals surface area contributed by atoms with Crippen LogP contribution in [0.2, 0.25) is 0 Å². The molecule has 5 nitrogen and oxygen atoms in total. The van der Waals surface area contributed by atoms with Crippen molar-refractivity contribution in [1.82, 2.24) is 0 Å². The highest BCUT2D eigenvalue weighted by Gasteiger charge is 2.36. The molecule has 146 valence electrons. The van der Waals surface area contributed by atoms with Crippen molar-refractivity contribution in [3.8, 4) is 0 Å². The van der Waals surface area contributed by atoms with E-state index in [1.807, 2.05) is 0 Å². The summed E-state index contributed by atoms with van der Waals surface area (Å²) in [5.74, 6) is -1.75. The Balaban J connectivity index is 2.22. The van der Waals surface area contributed by atoms with E-state index in [1.54, 1.807) is 0 Å². The van der Waals surface area contributed by atoms with Crippen LogP contribution >= 0.6 is 0 Å². The molecule has 0 aromatic heterocycles. The van der Waals surface area contributed by atoms with Crippen molar-refractivity contribution in [2.24, 2.45) is 17.8 Å². The van der Waals surface area contributed by atoms with Crippen LogP contribution in [0.15, 0.2) is 0 Å². The van der Waals surface area contributed by atoms with E-state index in [2.05, 4.69) is 13.8 Å². The summed E-state index contributed by atoms with van der Waals surface area (Å²) in [5, 5.41) is 9.23. The molecule has 0 aromatic rings. The Morgan fingerprint density at radius 2 is 1.72 bits per heavy atom. The van der Waals surface area contributed by atoms with Gasteiger partial charge in [0, 0.05) is 6.61 Å². The largest absolute Gasteiger partial charge is 0.481 e. The fraction of sp³-hybridized carbons (Fsp3) is 0.900. The Hall–Kier alpha value is -1.10. The third-order valence-corrected chi connectivity index (χ3v) is 5.12. The summed E-state index contributed by atoms with van der Waals surface area (Å²) >= 11 is 0. The first-order valence-corrected chi connectivity index (χ1v) is 10.1. The van der Waals surface area contributed by atoms with E-state index in [0.717, 1.165) is 25.9 Å². The summed E-state index contributed by atoms with van der Waals surface area (Å²) in [7, 11) is 0. The van der Waals surface area contributed by atoms with E-state index in [0.29, 0.717) is 25.4 Å². The van der Waals surface area contributed by atoms with Gasteiger partial charge in [0.15, 0.2) is 0 Å². The quantitative estimate of drug-likeness (QED) is 0.390. The van der Waals surface area contributed by atoms with E-state index in [4.69, 9.17) is 9.47 Å². The fourth-order valence-electron chi connectivity index (χ4n) is 3.67. The summed E-state index contributed by atoms with van der Waals surface area (Å²) in [6.45, 7) is 5.73. The first-order chi connectivity index (χ1) is 12.1. The van der Waals surface area contributed by atoms with Crippen LogP contribution in [0.25, 0.3) is 0 Å². The Morgan fingerprint density at radius 3 is 2.36 bits per heavy atom. The molecule has 0 aliphatic heterocycles. The van der Waals surface area contributed by atoms with Crippen LogP contribution in [0.5, 0.6) is 0 Å². The van der Waals surface area contributed by atoms with Crippen molar-refractivity contribution in [2.75, 3.05) is 19.8 Å². The fourth-order valence-corrected chi connectivity index (χ4v) is 3.67. The summed E-state index contributed by atoms with van der Waals surface area (Å²) in [6.07, 6.45) is 10.2. The molecule has 1 rings (SSSR count). The number of ether oxygens (including phenoxy) is 2. The zero-order chi connectivity index (χ0) is 18.5. The normalized spacial score (nSPS) is 21.7. The molecule has 1 fully saturated rings. The molecule has 5 heteroatoms. The lowest BCUT2D eigenvalue weighted by Crippen LogP contribution is -2.34. The molecule has 1 aliphatic rings. The highest BCUT2D eigenvalue weighted by atomic mass is 16.6. The summed E-state index contributed by atoms with van der Waals surface area (Å²) < 4.78 is 11.0. The van der Waals surface area contributed by atoms with Crippen molar-refractivity contribution in [3.05, 3.63) is 0 Å². The number of carboxylic acid groups (broad SMARTS) is 1. The van der Waals surface area contributed by atoms with Crippen molar-refractivity contribution in [2.45, 2.75) is 78.1 Å². The smallest absolute Gasteiger partial charge is 0.309 e. The highest BCUT2D eigenvalue weighted by Crippen LogP contribution is 2.31. The molecule has 0 bridgehead atoms. The molecule has 3 atom stereocenters. The molecule has 0 heterocycles. The van der Waals surface area contributed by atoms with Gasteiger partial charge in [0.05, 0.1) is 18.4 Å². The SMILES string of the molecule is CCCCCC(CCC)COCCOC(=O)C1CCCCC1C(=O)O. The van der Waals surface area contributed by atoms with E-state index in [1.165, 1.54) is 32.1 Å². The van der Waals surface area contributed by atoms with Crippen LogP contribution in [0, 0.1) is 17.8 Å². The lowest BCUT2D eigenvalue weighted by Gasteiger charge is -2.26. The molecular formula is C20H36O5. The molecule has 1 N–H and O–H groups in total. The second-order valence-corrected chi connectivity index (χ2v) is 7.23. The second kappa shape index (κ2) is 13.2. The molecule has 1 aliphatic carbocycles. The molecule has 0 amide bonds. The second-order valence-electron chi connectivity index (χ2n) is 7.23. The predicted octanol–water partition coefficient (Wildman–Crippen LogP) is 4.43. The number of carbonyl (C=O) groups is 2. The first kappa shape index (κ1) is 21.9. The number of hydrogen-bond donors (Lipinski definition) is 1. The van der Waals surface area contributed by atoms with E-state index >= 15 is 0 Å². The van der Waals surface area contributed by atoms with Crippen LogP contribution in [0.4, 0.5) is 0 Å². The highest BCUT2D eigenvalue weighted by molar-refractivity contribution is 5.81. The van der Waals surface area contributed by atoms with Gasteiger partial charge >= 0.3 is 11.9 Å². The van der Waals surface area contributed by atoms with Gasteiger partial charge in [0.1, 0.15) is 6.61 Å². The Bertz CT molecular complexity index is 382. The van der Waals surface area contributed by atoms with Gasteiger partial charge in [-0.25, -0.2) is 0 Å². The van der Waals surface area contributed by atoms with Crippen LogP contribution in [-0.4, -0.2) is 36.9 Å². The Labute approximate surface area is 152 Å². The topological polar surface area (TPSA) is 72.8 Å². The summed E-state index contributed by atoms with van der Waals surface area (Å²) in [6, 6.07) is 0. The van der Waals surface area contributed by atoms with Crippen molar-refractivity contribution in [1.29, 1.82) is 0 Å². The van der Waals surface area contributed by atoms with Crippen molar-refractivity contribution < 1.29 is 24.2 Å². The number of unbranched alkanes of at least 4 members (excludes halogenated alkanes) is 2. The average Bonchev–Trinajstić information content (AvgIpc) is 2.61. The maximum atomic E-state index is 12.1. The van der Waals surface area contributed by atoms with E-state index in [9.17, 15) is 14.7 Å². The minimum absolute atomic E-state index is 0.218. The van der Waals surface area contributed by atoms with E-state index < -0.39 is 17.8 Å². The summed E-state index contributed by atoms with van der Waals surface area (Å²) in [4.78, 5) is 23.4. The Kier molecular flexibility index (Phi) is 11.5. The molecule has 0 saturated heterocycles. The monoisotopic (exact) mass is 356 g/mol. The molecular weight excluding hydrogens is 320 g/mol. The third kappa shape index (κ3) is 8.70. The molecule has 25 heavy (non-hydrogen) atoms. The van der Waals surface area contributed by atoms with Gasteiger partial charge < -0.3 is 14.6 Å². The minimum Gasteiger partial charge on any atom is -0.481 e. The zero-order valence-electron chi connectivity index (χ0n) is 16.0. The van der Waals surface area contributed by atoms with Crippen molar-refractivity contribution >= 4 is 11.9 Å². The lowest BCUT2D eigenvalue weighted by atomic mass is 9.79. The third-order valence-electron chi connectivity index (χ3n) is 5.12. The van der Waals surface area contributed by atoms with Crippen LogP contribution in [0.3, 0.4) is 0 Å². The number of aliphatic carboxylic acids is 1. The zero-order valence-corrected chi connectivity index (χ0v) is 16.0. The van der Waals surface area contributed by atoms with Gasteiger partial charge in [-0.05, 0) is 31.6 Å². The molecule has 3 unspecified atom stereocenters. The number of esters is 1. The van der Waals surface area contributed by atoms with Gasteiger partial charge in [-0.2, -0.15) is 0 Å². The molecule has 0 aromatic carbocycles. The molecule has 1 saturated carbocycles. The van der Waals surface area contributed by atoms with Crippen LogP contribution < -0.4 is 0 Å². The molecule has 0 spiro atoms. The number of carboxylic acids is 1. The predicted molar refractivity (Wildman–Crippen MR) is 97.4 cm³/mol. The number of carbonyl (C=O) groups excluding carboxylic acids is 1. The van der Waals surface area contributed by atoms with E-state index in [-0.39, 0.29) is 12.6 Å². The molecule has 0 radical (unpaired) electrons. The Morgan fingerprint density at radius 1 is 1.00 bits per heavy atom. The number of rotatable bonds is 13. The standard InChI is InChI=1S/C20H36O5/c1-3-5-6-10-16(9-4-2)15-24-13-14-25-20(23)18-12-8-7-11-17(18)19(21)22/h16-18H,3-15H2,1-2H3,(H,21,22). The van der Waals surface area contributed by atoms with Crippen LogP contribution in [-0.2, 0) is 19.1 Å². The average molecular weight is 357 g/mol. The maximum absolute atomic E-state index is 12.1. The first-order valence-electron chi connectivity index (χ1n) is 10.1. The van der Waals surface area contributed by atoms with Gasteiger partial charge in [-0.3, -0.25) is 9.59 Å². The van der Waals surface area contributed by atoms with Gasteiger partial charge in [-0.15, -0.1) is 0 Å². The van der Waals surface area contributed by atoms with Gasteiger partial charge in [0.25, 0.3) is 0 Å². The van der Waals surface area contributed by atoms with Crippen molar-refractivity contribution in [3.63, 3.8) is 0 Å². The summed E-state index contributed by atoms with van der Waals surface area (Å²) in [5.41, 5.74) is 0. The van der Waals surface area contributed by atoms with Crippen LogP contribution in [0.1, 0.15) is 78.1 Å². The lowest BCUT2D eigenvalue weighted by molar-refractivity contribution is -0.160. The maximum Gasteiger partial charge on any atom is 0.309 e.